The zero-order chi connectivity index (χ0) is 26.3. The number of fused-ring (bicyclic) bond motifs is 1. The number of thioether (sulfide) groups is 1. The molecule has 192 valence electrons. The molecule has 1 aromatic heterocycles. The molecule has 2 saturated heterocycles. The Balaban J connectivity index is 1.47. The van der Waals surface area contributed by atoms with Crippen molar-refractivity contribution in [1.82, 2.24) is 51.9 Å². The standard InChI is InChI=1S/C19H18N10O6S2/c30-8-9-3-1-2-4-10(9)13(31)14(32)20-19(16(35)28-11(15(33)34)5-6-37-17(19)28)29-23-18(36)27(26-29)7-12-21-24-25-22-12/h1-5,8,13,17,26,31H,6-7H2,(H,20,32)(H,23,36)(H,33,34)(H,21,22,24,25)/t13?,17-,19?/m0/s1. The maximum Gasteiger partial charge on any atom is 0.352 e. The number of nitrogens with zero attached hydrogens (tertiary/aromatic N) is 6. The van der Waals surface area contributed by atoms with Gasteiger partial charge in [0.05, 0.1) is 0 Å². The van der Waals surface area contributed by atoms with E-state index < -0.39 is 34.9 Å². The molecule has 2 unspecified atom stereocenters. The lowest BCUT2D eigenvalue weighted by atomic mass is 9.94. The molecule has 3 atom stereocenters. The van der Waals surface area contributed by atoms with Gasteiger partial charge in [-0.1, -0.05) is 34.6 Å². The van der Waals surface area contributed by atoms with Gasteiger partial charge in [0.25, 0.3) is 11.8 Å². The van der Waals surface area contributed by atoms with Crippen LogP contribution in [0, 0.1) is 0 Å². The summed E-state index contributed by atoms with van der Waals surface area (Å²) in [5.41, 5.74) is 3.59. The number of carboxylic acids is 1. The Labute approximate surface area is 216 Å². The summed E-state index contributed by atoms with van der Waals surface area (Å²) < 4.78 is 0. The molecule has 0 bridgehead atoms. The molecule has 37 heavy (non-hydrogen) atoms. The van der Waals surface area contributed by atoms with Crippen LogP contribution in [0.15, 0.2) is 36.0 Å². The number of aromatic amines is 1. The maximum absolute atomic E-state index is 13.6. The van der Waals surface area contributed by atoms with E-state index in [1.165, 1.54) is 35.0 Å². The van der Waals surface area contributed by atoms with Crippen molar-refractivity contribution >= 4 is 53.2 Å². The number of hydrazine groups is 3. The van der Waals surface area contributed by atoms with Crippen LogP contribution in [-0.4, -0.2) is 91.8 Å². The van der Waals surface area contributed by atoms with Gasteiger partial charge in [0.2, 0.25) is 10.8 Å². The van der Waals surface area contributed by atoms with Crippen LogP contribution >= 0.6 is 24.0 Å². The van der Waals surface area contributed by atoms with E-state index in [1.54, 1.807) is 12.1 Å². The van der Waals surface area contributed by atoms with Crippen LogP contribution in [0.5, 0.6) is 0 Å². The van der Waals surface area contributed by atoms with Gasteiger partial charge in [0.1, 0.15) is 23.9 Å². The zero-order valence-electron chi connectivity index (χ0n) is 18.6. The minimum atomic E-state index is -1.93. The monoisotopic (exact) mass is 546 g/mol. The molecule has 2 fully saturated rings. The van der Waals surface area contributed by atoms with Crippen molar-refractivity contribution in [2.24, 2.45) is 0 Å². The second-order valence-electron chi connectivity index (χ2n) is 7.93. The van der Waals surface area contributed by atoms with Crippen molar-refractivity contribution < 1.29 is 29.4 Å². The number of β-lactam (4-membered cyclic amide) rings is 1. The molecule has 18 heteroatoms. The summed E-state index contributed by atoms with van der Waals surface area (Å²) in [7, 11) is 0. The van der Waals surface area contributed by atoms with Crippen LogP contribution in [0.4, 0.5) is 0 Å². The smallest absolute Gasteiger partial charge is 0.352 e. The average Bonchev–Trinajstić information content (AvgIpc) is 3.55. The van der Waals surface area contributed by atoms with E-state index in [-0.39, 0.29) is 40.1 Å². The quantitative estimate of drug-likeness (QED) is 0.118. The fourth-order valence-corrected chi connectivity index (χ4v) is 5.61. The number of aromatic nitrogens is 4. The SMILES string of the molecule is O=Cc1ccccc1C(O)C(=O)NC1(N2NC(=S)N(Cc3nn[nH]n3)N2)C(=O)N2C(C(=O)O)=CCS[C@H]21. The number of aliphatic hydroxyl groups excluding tert-OH is 1. The Morgan fingerprint density at radius 3 is 2.86 bits per heavy atom. The number of hydrogen-bond donors (Lipinski definition) is 6. The summed E-state index contributed by atoms with van der Waals surface area (Å²) >= 11 is 6.53. The Bertz CT molecular complexity index is 1320. The largest absolute Gasteiger partial charge is 0.477 e. The number of aliphatic hydroxyl groups is 1. The molecule has 0 radical (unpaired) electrons. The van der Waals surface area contributed by atoms with Gasteiger partial charge in [-0.3, -0.25) is 29.7 Å². The Hall–Kier alpha value is -3.97. The number of thiocarbonyl (C=S) groups is 1. The van der Waals surface area contributed by atoms with Gasteiger partial charge in [0, 0.05) is 16.9 Å². The third-order valence-corrected chi connectivity index (χ3v) is 7.38. The van der Waals surface area contributed by atoms with Crippen molar-refractivity contribution in [3.63, 3.8) is 0 Å². The molecule has 4 heterocycles. The van der Waals surface area contributed by atoms with E-state index in [4.69, 9.17) is 12.2 Å². The van der Waals surface area contributed by atoms with Crippen LogP contribution in [-0.2, 0) is 20.9 Å². The molecular formula is C19H18N10O6S2. The highest BCUT2D eigenvalue weighted by Gasteiger charge is 2.70. The molecule has 0 saturated carbocycles. The number of carboxylic acid groups (broad SMARTS) is 1. The van der Waals surface area contributed by atoms with Gasteiger partial charge < -0.3 is 15.5 Å². The normalized spacial score (nSPS) is 24.0. The minimum absolute atomic E-state index is 0.0220. The highest BCUT2D eigenvalue weighted by atomic mass is 32.2. The lowest BCUT2D eigenvalue weighted by Crippen LogP contribution is -2.88. The molecule has 0 spiro atoms. The molecule has 3 aliphatic heterocycles. The third-order valence-electron chi connectivity index (χ3n) is 5.84. The van der Waals surface area contributed by atoms with E-state index in [0.717, 1.165) is 10.0 Å². The summed E-state index contributed by atoms with van der Waals surface area (Å²) in [6.07, 6.45) is 0.0740. The van der Waals surface area contributed by atoms with E-state index in [2.05, 4.69) is 36.9 Å². The first-order valence-corrected chi connectivity index (χ1v) is 12.0. The molecule has 3 aliphatic rings. The molecule has 0 aliphatic carbocycles. The van der Waals surface area contributed by atoms with E-state index in [0.29, 0.717) is 6.29 Å². The predicted octanol–water partition coefficient (Wildman–Crippen LogP) is -2.23. The van der Waals surface area contributed by atoms with E-state index in [1.807, 2.05) is 0 Å². The molecule has 2 aromatic rings. The maximum atomic E-state index is 13.6. The summed E-state index contributed by atoms with van der Waals surface area (Å²) in [5, 5.41) is 38.1. The second-order valence-corrected chi connectivity index (χ2v) is 9.43. The fourth-order valence-electron chi connectivity index (χ4n) is 4.11. The highest BCUT2D eigenvalue weighted by Crippen LogP contribution is 2.46. The molecule has 6 N–H and O–H groups in total. The lowest BCUT2D eigenvalue weighted by molar-refractivity contribution is -0.186. The number of H-pyrrole nitrogens is 1. The number of hydrogen-bond acceptors (Lipinski definition) is 12. The summed E-state index contributed by atoms with van der Waals surface area (Å²) in [6.45, 7) is 0.0220. The van der Waals surface area contributed by atoms with Crippen molar-refractivity contribution in [2.75, 3.05) is 5.75 Å². The van der Waals surface area contributed by atoms with Gasteiger partial charge in [-0.25, -0.2) is 4.79 Å². The molecular weight excluding hydrogens is 528 g/mol. The first-order chi connectivity index (χ1) is 17.8. The molecule has 2 amide bonds. The predicted molar refractivity (Wildman–Crippen MR) is 127 cm³/mol. The molecule has 5 rings (SSSR count). The number of tetrazole rings is 1. The first-order valence-electron chi connectivity index (χ1n) is 10.6. The van der Waals surface area contributed by atoms with Crippen LogP contribution in [0.25, 0.3) is 0 Å². The highest BCUT2D eigenvalue weighted by molar-refractivity contribution is 8.00. The van der Waals surface area contributed by atoms with E-state index in [9.17, 15) is 29.4 Å². The van der Waals surface area contributed by atoms with E-state index >= 15 is 0 Å². The van der Waals surface area contributed by atoms with Crippen molar-refractivity contribution in [3.05, 3.63) is 53.0 Å². The van der Waals surface area contributed by atoms with Crippen molar-refractivity contribution in [2.45, 2.75) is 23.7 Å². The topological polar surface area (TPSA) is 209 Å². The lowest BCUT2D eigenvalue weighted by Gasteiger charge is -2.58. The number of benzene rings is 1. The van der Waals surface area contributed by atoms with Crippen LogP contribution < -0.4 is 16.3 Å². The zero-order valence-corrected chi connectivity index (χ0v) is 20.2. The first kappa shape index (κ1) is 24.7. The molecule has 1 aromatic carbocycles. The van der Waals surface area contributed by atoms with Crippen LogP contribution in [0.2, 0.25) is 0 Å². The average molecular weight is 547 g/mol. The summed E-state index contributed by atoms with van der Waals surface area (Å²) in [5.74, 6) is -2.61. The fraction of sp³-hybridized carbons (Fsp3) is 0.263. The second kappa shape index (κ2) is 9.48. The van der Waals surface area contributed by atoms with Gasteiger partial charge >= 0.3 is 5.97 Å². The molecule has 16 nitrogen and oxygen atoms in total. The Morgan fingerprint density at radius 2 is 2.16 bits per heavy atom. The van der Waals surface area contributed by atoms with Gasteiger partial charge in [-0.05, 0) is 18.3 Å². The number of carbonyl (C=O) groups excluding carboxylic acids is 3. The van der Waals surface area contributed by atoms with Crippen LogP contribution in [0.3, 0.4) is 0 Å². The van der Waals surface area contributed by atoms with Crippen molar-refractivity contribution in [1.29, 1.82) is 0 Å². The van der Waals surface area contributed by atoms with Gasteiger partial charge in [-0.2, -0.15) is 5.21 Å². The Kier molecular flexibility index (Phi) is 6.33. The number of nitrogens with one attached hydrogen (secondary N) is 4. The number of aldehydes is 1. The van der Waals surface area contributed by atoms with Gasteiger partial charge in [-0.15, -0.1) is 27.5 Å². The minimum Gasteiger partial charge on any atom is -0.477 e. The number of aliphatic carboxylic acids is 1. The van der Waals surface area contributed by atoms with Crippen molar-refractivity contribution in [3.8, 4) is 0 Å². The number of carbonyl (C=O) groups is 4. The summed E-state index contributed by atoms with van der Waals surface area (Å²) in [6, 6.07) is 5.96. The Morgan fingerprint density at radius 1 is 1.38 bits per heavy atom. The van der Waals surface area contributed by atoms with Gasteiger partial charge in [0.15, 0.2) is 11.9 Å². The summed E-state index contributed by atoms with van der Waals surface area (Å²) in [4.78, 5) is 51.1. The number of amides is 2. The third kappa shape index (κ3) is 4.00. The van der Waals surface area contributed by atoms with Crippen LogP contribution in [0.1, 0.15) is 27.8 Å². The number of rotatable bonds is 8.